The summed E-state index contributed by atoms with van der Waals surface area (Å²) in [5, 5.41) is 8.49. The zero-order chi connectivity index (χ0) is 17.2. The summed E-state index contributed by atoms with van der Waals surface area (Å²) >= 11 is 0. The second-order valence-corrected chi connectivity index (χ2v) is 4.69. The van der Waals surface area contributed by atoms with E-state index in [-0.39, 0.29) is 6.42 Å². The number of carbonyl (C=O) groups is 2. The molecule has 0 rings (SSSR count). The summed E-state index contributed by atoms with van der Waals surface area (Å²) in [6.07, 6.45) is 9.75. The van der Waals surface area contributed by atoms with Crippen molar-refractivity contribution in [1.82, 2.24) is 0 Å². The lowest BCUT2D eigenvalue weighted by Crippen LogP contribution is -1.93. The molecule has 0 aromatic carbocycles. The summed E-state index contributed by atoms with van der Waals surface area (Å²) in [4.78, 5) is 21.0. The lowest BCUT2D eigenvalue weighted by Gasteiger charge is -1.98. The third-order valence-electron chi connectivity index (χ3n) is 2.79. The van der Waals surface area contributed by atoms with Gasteiger partial charge in [0.1, 0.15) is 0 Å². The highest BCUT2D eigenvalue weighted by Crippen LogP contribution is 2.08. The Morgan fingerprint density at radius 3 is 2.30 bits per heavy atom. The van der Waals surface area contributed by atoms with Crippen LogP contribution in [-0.4, -0.2) is 24.2 Å². The fourth-order valence-electron chi connectivity index (χ4n) is 1.62. The summed E-state index contributed by atoms with van der Waals surface area (Å²) in [5.74, 6) is 14.9. The van der Waals surface area contributed by atoms with Gasteiger partial charge in [-0.05, 0) is 42.6 Å². The molecule has 0 saturated heterocycles. The van der Waals surface area contributed by atoms with Crippen molar-refractivity contribution in [3.8, 4) is 35.5 Å². The largest absolute Gasteiger partial charge is 0.481 e. The number of esters is 1. The maximum absolute atomic E-state index is 10.7. The topological polar surface area (TPSA) is 63.6 Å². The van der Waals surface area contributed by atoms with E-state index in [4.69, 9.17) is 5.11 Å². The molecule has 0 aliphatic heterocycles. The van der Waals surface area contributed by atoms with Gasteiger partial charge in [-0.2, -0.15) is 0 Å². The number of hydrogen-bond acceptors (Lipinski definition) is 3. The van der Waals surface area contributed by atoms with E-state index >= 15 is 0 Å². The minimum absolute atomic E-state index is 0.269. The molecule has 0 saturated carbocycles. The van der Waals surface area contributed by atoms with E-state index in [0.29, 0.717) is 0 Å². The lowest BCUT2D eigenvalue weighted by molar-refractivity contribution is -0.137. The van der Waals surface area contributed by atoms with Gasteiger partial charge in [0, 0.05) is 18.9 Å². The number of carboxylic acid groups (broad SMARTS) is 1. The number of hydrogen-bond donors (Lipinski definition) is 1. The van der Waals surface area contributed by atoms with Crippen LogP contribution < -0.4 is 0 Å². The van der Waals surface area contributed by atoms with Crippen LogP contribution in [0.4, 0.5) is 0 Å². The smallest absolute Gasteiger partial charge is 0.331 e. The molecule has 0 aromatic rings. The zero-order valence-corrected chi connectivity index (χ0v) is 13.5. The highest BCUT2D eigenvalue weighted by Gasteiger charge is 1.95. The SMILES string of the molecule is COC(=O)/C=C\C#CC#CC#CCCCCCCCCC(=O)O. The fraction of sp³-hybridized carbons (Fsp3) is 0.474. The number of carbonyl (C=O) groups excluding carboxylic acids is 1. The summed E-state index contributed by atoms with van der Waals surface area (Å²) in [7, 11) is 1.30. The summed E-state index contributed by atoms with van der Waals surface area (Å²) < 4.78 is 4.40. The van der Waals surface area contributed by atoms with Crippen molar-refractivity contribution in [3.63, 3.8) is 0 Å². The molecule has 4 nitrogen and oxygen atoms in total. The second kappa shape index (κ2) is 15.7. The number of aliphatic carboxylic acids is 1. The zero-order valence-electron chi connectivity index (χ0n) is 13.5. The normalized spacial score (nSPS) is 8.91. The van der Waals surface area contributed by atoms with E-state index in [1.165, 1.54) is 19.3 Å². The maximum Gasteiger partial charge on any atom is 0.331 e. The average molecular weight is 314 g/mol. The van der Waals surface area contributed by atoms with Gasteiger partial charge >= 0.3 is 11.9 Å². The van der Waals surface area contributed by atoms with Gasteiger partial charge in [-0.15, -0.1) is 0 Å². The Morgan fingerprint density at radius 2 is 1.61 bits per heavy atom. The van der Waals surface area contributed by atoms with Crippen LogP contribution in [0.3, 0.4) is 0 Å². The number of rotatable bonds is 9. The molecule has 0 aliphatic rings. The van der Waals surface area contributed by atoms with Crippen LogP contribution in [0.5, 0.6) is 0 Å². The van der Waals surface area contributed by atoms with Gasteiger partial charge in [0.25, 0.3) is 0 Å². The molecule has 23 heavy (non-hydrogen) atoms. The molecule has 0 amide bonds. The van der Waals surface area contributed by atoms with Crippen LogP contribution in [-0.2, 0) is 14.3 Å². The summed E-state index contributed by atoms with van der Waals surface area (Å²) in [5.41, 5.74) is 0. The maximum atomic E-state index is 10.7. The van der Waals surface area contributed by atoms with Crippen LogP contribution in [0.2, 0.25) is 0 Å². The van der Waals surface area contributed by atoms with E-state index in [9.17, 15) is 9.59 Å². The standard InChI is InChI=1S/C19H22O4/c1-23-19(22)17-15-13-11-9-7-5-3-2-4-6-8-10-12-14-16-18(20)21/h15,17H,2,4,6,8,10,12,14,16H2,1H3,(H,20,21)/b17-15-. The Labute approximate surface area is 138 Å². The van der Waals surface area contributed by atoms with Crippen LogP contribution in [0, 0.1) is 35.5 Å². The molecule has 0 fully saturated rings. The van der Waals surface area contributed by atoms with Crippen molar-refractivity contribution in [2.24, 2.45) is 0 Å². The van der Waals surface area contributed by atoms with Crippen molar-refractivity contribution in [2.75, 3.05) is 7.11 Å². The van der Waals surface area contributed by atoms with Crippen molar-refractivity contribution >= 4 is 11.9 Å². The van der Waals surface area contributed by atoms with Gasteiger partial charge < -0.3 is 9.84 Å². The second-order valence-electron chi connectivity index (χ2n) is 4.69. The van der Waals surface area contributed by atoms with E-state index in [2.05, 4.69) is 40.3 Å². The molecular formula is C19H22O4. The molecule has 0 atom stereocenters. The van der Waals surface area contributed by atoms with Gasteiger partial charge in [0.15, 0.2) is 0 Å². The van der Waals surface area contributed by atoms with Crippen molar-refractivity contribution < 1.29 is 19.4 Å². The van der Waals surface area contributed by atoms with Gasteiger partial charge in [-0.3, -0.25) is 4.79 Å². The Morgan fingerprint density at radius 1 is 0.957 bits per heavy atom. The first-order valence-electron chi connectivity index (χ1n) is 7.61. The molecular weight excluding hydrogens is 292 g/mol. The van der Waals surface area contributed by atoms with Crippen LogP contribution in [0.15, 0.2) is 12.2 Å². The Balaban J connectivity index is 3.59. The number of methoxy groups -OCH3 is 1. The molecule has 0 radical (unpaired) electrons. The fourth-order valence-corrected chi connectivity index (χ4v) is 1.62. The molecule has 0 heterocycles. The van der Waals surface area contributed by atoms with E-state index in [1.807, 2.05) is 0 Å². The van der Waals surface area contributed by atoms with Crippen LogP contribution >= 0.6 is 0 Å². The predicted octanol–water partition coefficient (Wildman–Crippen LogP) is 2.93. The van der Waals surface area contributed by atoms with E-state index in [1.54, 1.807) is 0 Å². The highest BCUT2D eigenvalue weighted by atomic mass is 16.5. The number of allylic oxidation sites excluding steroid dienone is 1. The first kappa shape index (κ1) is 20.4. The van der Waals surface area contributed by atoms with Gasteiger partial charge in [0.05, 0.1) is 7.11 Å². The minimum Gasteiger partial charge on any atom is -0.481 e. The molecule has 1 N–H and O–H groups in total. The van der Waals surface area contributed by atoms with Crippen molar-refractivity contribution in [2.45, 2.75) is 51.4 Å². The van der Waals surface area contributed by atoms with E-state index in [0.717, 1.165) is 44.9 Å². The number of unbranched alkanes of at least 4 members (excludes halogenated alkanes) is 6. The molecule has 0 aliphatic carbocycles. The van der Waals surface area contributed by atoms with Gasteiger partial charge in [0.2, 0.25) is 0 Å². The van der Waals surface area contributed by atoms with Gasteiger partial charge in [-0.1, -0.05) is 37.5 Å². The first-order chi connectivity index (χ1) is 11.2. The molecule has 0 unspecified atom stereocenters. The molecule has 0 bridgehead atoms. The third-order valence-corrected chi connectivity index (χ3v) is 2.79. The first-order valence-corrected chi connectivity index (χ1v) is 7.61. The molecule has 0 aromatic heterocycles. The Hall–Kier alpha value is -2.64. The number of ether oxygens (including phenoxy) is 1. The molecule has 0 spiro atoms. The highest BCUT2D eigenvalue weighted by molar-refractivity contribution is 5.82. The minimum atomic E-state index is -0.717. The lowest BCUT2D eigenvalue weighted by atomic mass is 10.1. The quantitative estimate of drug-likeness (QED) is 0.308. The Bertz CT molecular complexity index is 568. The summed E-state index contributed by atoms with van der Waals surface area (Å²) in [6, 6.07) is 0. The van der Waals surface area contributed by atoms with Crippen LogP contribution in [0.25, 0.3) is 0 Å². The monoisotopic (exact) mass is 314 g/mol. The molecule has 4 heteroatoms. The average Bonchev–Trinajstić information content (AvgIpc) is 2.53. The molecule has 122 valence electrons. The van der Waals surface area contributed by atoms with Crippen LogP contribution in [0.1, 0.15) is 51.4 Å². The summed E-state index contributed by atoms with van der Waals surface area (Å²) in [6.45, 7) is 0. The number of carboxylic acids is 1. The third kappa shape index (κ3) is 17.3. The van der Waals surface area contributed by atoms with Crippen molar-refractivity contribution in [3.05, 3.63) is 12.2 Å². The van der Waals surface area contributed by atoms with E-state index < -0.39 is 11.9 Å². The van der Waals surface area contributed by atoms with Gasteiger partial charge in [-0.25, -0.2) is 4.79 Å². The van der Waals surface area contributed by atoms with Crippen molar-refractivity contribution in [1.29, 1.82) is 0 Å². The predicted molar refractivity (Wildman–Crippen MR) is 89.1 cm³/mol. The Kier molecular flexibility index (Phi) is 13.9.